The van der Waals surface area contributed by atoms with Crippen LogP contribution in [-0.2, 0) is 0 Å². The van der Waals surface area contributed by atoms with Gasteiger partial charge in [-0.3, -0.25) is 4.79 Å². The standard InChI is InChI=1S/C16H12O3S/c1-20-12-5-2-10(3-6-12)16(18)14-9-19-15-8-11(17)4-7-13(14)15/h2-9,17H,1H3. The molecule has 0 unspecified atom stereocenters. The van der Waals surface area contributed by atoms with Crippen LogP contribution in [0.5, 0.6) is 5.75 Å². The topological polar surface area (TPSA) is 50.4 Å². The van der Waals surface area contributed by atoms with Crippen molar-refractivity contribution < 1.29 is 14.3 Å². The summed E-state index contributed by atoms with van der Waals surface area (Å²) < 4.78 is 5.33. The van der Waals surface area contributed by atoms with Gasteiger partial charge in [0.15, 0.2) is 5.78 Å². The molecule has 3 rings (SSSR count). The zero-order valence-electron chi connectivity index (χ0n) is 10.8. The molecule has 0 aliphatic heterocycles. The van der Waals surface area contributed by atoms with Crippen LogP contribution in [0.2, 0.25) is 0 Å². The molecular formula is C16H12O3S. The fraction of sp³-hybridized carbons (Fsp3) is 0.0625. The summed E-state index contributed by atoms with van der Waals surface area (Å²) in [6, 6.07) is 12.2. The van der Waals surface area contributed by atoms with Gasteiger partial charge < -0.3 is 9.52 Å². The molecule has 0 saturated heterocycles. The lowest BCUT2D eigenvalue weighted by molar-refractivity contribution is 0.103. The van der Waals surface area contributed by atoms with Gasteiger partial charge in [0.2, 0.25) is 0 Å². The molecule has 0 bridgehead atoms. The van der Waals surface area contributed by atoms with Crippen molar-refractivity contribution in [3.8, 4) is 5.75 Å². The Labute approximate surface area is 120 Å². The third-order valence-electron chi connectivity index (χ3n) is 3.16. The minimum Gasteiger partial charge on any atom is -0.508 e. The Kier molecular flexibility index (Phi) is 3.24. The molecule has 20 heavy (non-hydrogen) atoms. The highest BCUT2D eigenvalue weighted by atomic mass is 32.2. The minimum absolute atomic E-state index is 0.0814. The lowest BCUT2D eigenvalue weighted by Crippen LogP contribution is -1.99. The molecule has 0 spiro atoms. The second-order valence-electron chi connectivity index (χ2n) is 4.39. The minimum atomic E-state index is -0.0814. The summed E-state index contributed by atoms with van der Waals surface area (Å²) >= 11 is 1.63. The highest BCUT2D eigenvalue weighted by Gasteiger charge is 2.15. The third kappa shape index (κ3) is 2.18. The van der Waals surface area contributed by atoms with Crippen LogP contribution < -0.4 is 0 Å². The summed E-state index contributed by atoms with van der Waals surface area (Å²) in [4.78, 5) is 13.6. The number of hydrogen-bond donors (Lipinski definition) is 1. The number of phenolic OH excluding ortho intramolecular Hbond substituents is 1. The molecule has 1 heterocycles. The first-order chi connectivity index (χ1) is 9.69. The zero-order valence-corrected chi connectivity index (χ0v) is 11.6. The summed E-state index contributed by atoms with van der Waals surface area (Å²) in [5, 5.41) is 10.1. The Hall–Kier alpha value is -2.20. The second kappa shape index (κ2) is 5.06. The molecule has 0 atom stereocenters. The molecule has 3 nitrogen and oxygen atoms in total. The predicted octanol–water partition coefficient (Wildman–Crippen LogP) is 4.09. The number of benzene rings is 2. The molecule has 0 fully saturated rings. The predicted molar refractivity (Wildman–Crippen MR) is 79.5 cm³/mol. The highest BCUT2D eigenvalue weighted by Crippen LogP contribution is 2.27. The monoisotopic (exact) mass is 284 g/mol. The lowest BCUT2D eigenvalue weighted by atomic mass is 10.0. The molecule has 100 valence electrons. The molecule has 1 aromatic heterocycles. The molecule has 4 heteroatoms. The maximum Gasteiger partial charge on any atom is 0.196 e. The van der Waals surface area contributed by atoms with E-state index in [1.807, 2.05) is 30.5 Å². The Morgan fingerprint density at radius 2 is 1.90 bits per heavy atom. The molecule has 0 radical (unpaired) electrons. The van der Waals surface area contributed by atoms with Gasteiger partial charge in [-0.1, -0.05) is 0 Å². The number of hydrogen-bond acceptors (Lipinski definition) is 4. The fourth-order valence-corrected chi connectivity index (χ4v) is 2.50. The van der Waals surface area contributed by atoms with Crippen molar-refractivity contribution >= 4 is 28.5 Å². The van der Waals surface area contributed by atoms with E-state index in [0.717, 1.165) is 4.90 Å². The summed E-state index contributed by atoms with van der Waals surface area (Å²) in [6.07, 6.45) is 3.43. The van der Waals surface area contributed by atoms with E-state index >= 15 is 0 Å². The van der Waals surface area contributed by atoms with E-state index in [0.29, 0.717) is 22.1 Å². The van der Waals surface area contributed by atoms with Crippen molar-refractivity contribution in [3.63, 3.8) is 0 Å². The number of aromatic hydroxyl groups is 1. The first-order valence-electron chi connectivity index (χ1n) is 6.08. The molecule has 0 amide bonds. The number of fused-ring (bicyclic) bond motifs is 1. The smallest absolute Gasteiger partial charge is 0.196 e. The van der Waals surface area contributed by atoms with Crippen LogP contribution in [-0.4, -0.2) is 17.1 Å². The van der Waals surface area contributed by atoms with Gasteiger partial charge in [-0.05, 0) is 42.7 Å². The van der Waals surface area contributed by atoms with Crippen LogP contribution in [0.1, 0.15) is 15.9 Å². The molecule has 2 aromatic carbocycles. The van der Waals surface area contributed by atoms with Crippen LogP contribution in [0.15, 0.2) is 58.0 Å². The third-order valence-corrected chi connectivity index (χ3v) is 3.90. The summed E-state index contributed by atoms with van der Waals surface area (Å²) in [7, 11) is 0. The van der Waals surface area contributed by atoms with Gasteiger partial charge >= 0.3 is 0 Å². The normalized spacial score (nSPS) is 10.8. The van der Waals surface area contributed by atoms with Crippen LogP contribution in [0.3, 0.4) is 0 Å². The summed E-state index contributed by atoms with van der Waals surface area (Å²) in [5.74, 6) is 0.0391. The van der Waals surface area contributed by atoms with Gasteiger partial charge in [0.25, 0.3) is 0 Å². The second-order valence-corrected chi connectivity index (χ2v) is 5.27. The average Bonchev–Trinajstić information content (AvgIpc) is 2.89. The number of carbonyl (C=O) groups excluding carboxylic acids is 1. The zero-order chi connectivity index (χ0) is 14.1. The molecule has 0 aliphatic carbocycles. The van der Waals surface area contributed by atoms with E-state index in [-0.39, 0.29) is 11.5 Å². The van der Waals surface area contributed by atoms with Crippen LogP contribution in [0.25, 0.3) is 11.0 Å². The number of phenols is 1. The number of carbonyl (C=O) groups is 1. The van der Waals surface area contributed by atoms with Crippen molar-refractivity contribution in [1.82, 2.24) is 0 Å². The van der Waals surface area contributed by atoms with Gasteiger partial charge in [0.05, 0.1) is 5.56 Å². The van der Waals surface area contributed by atoms with E-state index in [1.165, 1.54) is 12.3 Å². The van der Waals surface area contributed by atoms with E-state index < -0.39 is 0 Å². The van der Waals surface area contributed by atoms with E-state index in [9.17, 15) is 9.90 Å². The Bertz CT molecular complexity index is 772. The van der Waals surface area contributed by atoms with E-state index in [4.69, 9.17) is 4.42 Å². The van der Waals surface area contributed by atoms with Crippen molar-refractivity contribution in [2.75, 3.05) is 6.26 Å². The Morgan fingerprint density at radius 1 is 1.15 bits per heavy atom. The molecule has 0 aliphatic rings. The van der Waals surface area contributed by atoms with Gasteiger partial charge in [-0.25, -0.2) is 0 Å². The van der Waals surface area contributed by atoms with Gasteiger partial charge in [0.1, 0.15) is 17.6 Å². The Morgan fingerprint density at radius 3 is 2.60 bits per heavy atom. The van der Waals surface area contributed by atoms with Gasteiger partial charge in [-0.15, -0.1) is 11.8 Å². The Balaban J connectivity index is 2.03. The number of ketones is 1. The van der Waals surface area contributed by atoms with Gasteiger partial charge in [0, 0.05) is 21.9 Å². The van der Waals surface area contributed by atoms with E-state index in [1.54, 1.807) is 23.9 Å². The van der Waals surface area contributed by atoms with Crippen molar-refractivity contribution in [2.24, 2.45) is 0 Å². The van der Waals surface area contributed by atoms with E-state index in [2.05, 4.69) is 0 Å². The molecular weight excluding hydrogens is 272 g/mol. The van der Waals surface area contributed by atoms with Crippen LogP contribution in [0, 0.1) is 0 Å². The van der Waals surface area contributed by atoms with Crippen LogP contribution >= 0.6 is 11.8 Å². The quantitative estimate of drug-likeness (QED) is 0.581. The number of furan rings is 1. The first kappa shape index (κ1) is 12.8. The maximum absolute atomic E-state index is 12.5. The fourth-order valence-electron chi connectivity index (χ4n) is 2.09. The highest BCUT2D eigenvalue weighted by molar-refractivity contribution is 7.98. The molecule has 0 saturated carbocycles. The maximum atomic E-state index is 12.5. The molecule has 3 aromatic rings. The molecule has 1 N–H and O–H groups in total. The first-order valence-corrected chi connectivity index (χ1v) is 7.30. The van der Waals surface area contributed by atoms with Crippen molar-refractivity contribution in [2.45, 2.75) is 4.90 Å². The lowest BCUT2D eigenvalue weighted by Gasteiger charge is -2.01. The van der Waals surface area contributed by atoms with Crippen molar-refractivity contribution in [3.05, 3.63) is 59.9 Å². The van der Waals surface area contributed by atoms with Crippen molar-refractivity contribution in [1.29, 1.82) is 0 Å². The summed E-state index contributed by atoms with van der Waals surface area (Å²) in [5.41, 5.74) is 1.64. The van der Waals surface area contributed by atoms with Gasteiger partial charge in [-0.2, -0.15) is 0 Å². The average molecular weight is 284 g/mol. The summed E-state index contributed by atoms with van der Waals surface area (Å²) in [6.45, 7) is 0. The SMILES string of the molecule is CSc1ccc(C(=O)c2coc3cc(O)ccc23)cc1. The number of thioether (sulfide) groups is 1. The number of rotatable bonds is 3. The largest absolute Gasteiger partial charge is 0.508 e. The van der Waals surface area contributed by atoms with Crippen LogP contribution in [0.4, 0.5) is 0 Å².